The minimum Gasteiger partial charge on any atom is -0.347 e. The fourth-order valence-electron chi connectivity index (χ4n) is 1.27. The van der Waals surface area contributed by atoms with Crippen LogP contribution in [0.4, 0.5) is 0 Å². The zero-order chi connectivity index (χ0) is 8.55. The molecule has 1 fully saturated rings. The van der Waals surface area contributed by atoms with Gasteiger partial charge in [-0.1, -0.05) is 46.3 Å². The number of amides is 1. The Balaban J connectivity index is 2.18. The van der Waals surface area contributed by atoms with Gasteiger partial charge in [-0.25, -0.2) is 0 Å². The monoisotopic (exact) mass is 225 g/mol. The second-order valence-corrected chi connectivity index (χ2v) is 3.79. The summed E-state index contributed by atoms with van der Waals surface area (Å²) in [7, 11) is 0. The van der Waals surface area contributed by atoms with Crippen LogP contribution in [-0.4, -0.2) is 10.7 Å². The summed E-state index contributed by atoms with van der Waals surface area (Å²) in [5.74, 6) is 0.0730. The first kappa shape index (κ1) is 7.80. The largest absolute Gasteiger partial charge is 0.347 e. The minimum atomic E-state index is -0.0556. The van der Waals surface area contributed by atoms with E-state index in [0.717, 1.165) is 5.56 Å². The van der Waals surface area contributed by atoms with E-state index in [2.05, 4.69) is 21.2 Å². The normalized spacial score (nSPS) is 27.6. The van der Waals surface area contributed by atoms with Crippen molar-refractivity contribution in [3.8, 4) is 0 Å². The van der Waals surface area contributed by atoms with E-state index in [0.29, 0.717) is 0 Å². The number of alkyl halides is 1. The van der Waals surface area contributed by atoms with E-state index in [1.807, 2.05) is 30.3 Å². The Kier molecular flexibility index (Phi) is 1.89. The van der Waals surface area contributed by atoms with Gasteiger partial charge in [0.2, 0.25) is 5.91 Å². The van der Waals surface area contributed by atoms with Crippen molar-refractivity contribution >= 4 is 21.8 Å². The summed E-state index contributed by atoms with van der Waals surface area (Å²) in [6.07, 6.45) is 0. The third-order valence-corrected chi connectivity index (χ3v) is 2.94. The van der Waals surface area contributed by atoms with Gasteiger partial charge in [0, 0.05) is 0 Å². The van der Waals surface area contributed by atoms with Crippen LogP contribution in [0.2, 0.25) is 0 Å². The van der Waals surface area contributed by atoms with E-state index in [-0.39, 0.29) is 16.8 Å². The Morgan fingerprint density at radius 1 is 1.25 bits per heavy atom. The minimum absolute atomic E-state index is 0.0556. The third kappa shape index (κ3) is 1.14. The quantitative estimate of drug-likeness (QED) is 0.572. The molecule has 0 unspecified atom stereocenters. The molecule has 1 aromatic rings. The summed E-state index contributed by atoms with van der Waals surface area (Å²) >= 11 is 3.32. The van der Waals surface area contributed by atoms with E-state index in [4.69, 9.17) is 0 Å². The van der Waals surface area contributed by atoms with Crippen molar-refractivity contribution in [1.29, 1.82) is 0 Å². The molecule has 0 radical (unpaired) electrons. The van der Waals surface area contributed by atoms with Crippen LogP contribution in [0.1, 0.15) is 11.6 Å². The maximum absolute atomic E-state index is 10.9. The summed E-state index contributed by atoms with van der Waals surface area (Å²) in [5.41, 5.74) is 1.15. The first-order valence-corrected chi connectivity index (χ1v) is 4.70. The highest BCUT2D eigenvalue weighted by atomic mass is 79.9. The number of hydrogen-bond acceptors (Lipinski definition) is 1. The van der Waals surface area contributed by atoms with Crippen molar-refractivity contribution in [2.75, 3.05) is 0 Å². The molecule has 1 aromatic carbocycles. The van der Waals surface area contributed by atoms with Gasteiger partial charge in [0.25, 0.3) is 0 Å². The van der Waals surface area contributed by atoms with Crippen molar-refractivity contribution in [1.82, 2.24) is 5.32 Å². The highest BCUT2D eigenvalue weighted by Crippen LogP contribution is 2.29. The van der Waals surface area contributed by atoms with Crippen molar-refractivity contribution in [2.45, 2.75) is 10.9 Å². The van der Waals surface area contributed by atoms with Gasteiger partial charge in [-0.3, -0.25) is 4.79 Å². The van der Waals surface area contributed by atoms with Gasteiger partial charge in [0.05, 0.1) is 6.04 Å². The maximum atomic E-state index is 10.9. The molecule has 1 heterocycles. The summed E-state index contributed by atoms with van der Waals surface area (Å²) in [6.45, 7) is 0. The first-order chi connectivity index (χ1) is 5.79. The highest BCUT2D eigenvalue weighted by molar-refractivity contribution is 9.10. The molecule has 0 aromatic heterocycles. The Bertz CT molecular complexity index is 299. The number of β-lactam (4-membered cyclic amide) rings is 1. The summed E-state index contributed by atoms with van der Waals surface area (Å²) in [4.78, 5) is 10.8. The Morgan fingerprint density at radius 2 is 1.92 bits per heavy atom. The fraction of sp³-hybridized carbons (Fsp3) is 0.222. The van der Waals surface area contributed by atoms with Gasteiger partial charge in [-0.05, 0) is 5.56 Å². The standard InChI is InChI=1S/C9H8BrNO/c10-7-8(11-9(7)12)6-4-2-1-3-5-6/h1-5,7-8H,(H,11,12)/t7-,8-/m0/s1. The molecular weight excluding hydrogens is 218 g/mol. The van der Waals surface area contributed by atoms with Crippen molar-refractivity contribution in [2.24, 2.45) is 0 Å². The Hall–Kier alpha value is -0.830. The molecule has 2 atom stereocenters. The van der Waals surface area contributed by atoms with Crippen molar-refractivity contribution in [3.05, 3.63) is 35.9 Å². The smallest absolute Gasteiger partial charge is 0.236 e. The van der Waals surface area contributed by atoms with E-state index in [1.165, 1.54) is 0 Å². The van der Waals surface area contributed by atoms with Crippen LogP contribution >= 0.6 is 15.9 Å². The van der Waals surface area contributed by atoms with E-state index in [1.54, 1.807) is 0 Å². The molecule has 0 bridgehead atoms. The number of hydrogen-bond donors (Lipinski definition) is 1. The summed E-state index contributed by atoms with van der Waals surface area (Å²) < 4.78 is 0. The highest BCUT2D eigenvalue weighted by Gasteiger charge is 2.37. The van der Waals surface area contributed by atoms with Gasteiger partial charge in [0.15, 0.2) is 0 Å². The lowest BCUT2D eigenvalue weighted by atomic mass is 9.97. The SMILES string of the molecule is O=C1N[C@@H](c2ccccc2)[C@@H]1Br. The van der Waals surface area contributed by atoms with E-state index >= 15 is 0 Å². The molecule has 1 aliphatic heterocycles. The second kappa shape index (κ2) is 2.90. The lowest BCUT2D eigenvalue weighted by molar-refractivity contribution is -0.127. The molecule has 1 aliphatic rings. The molecule has 0 spiro atoms. The molecule has 62 valence electrons. The van der Waals surface area contributed by atoms with Crippen LogP contribution in [0.15, 0.2) is 30.3 Å². The predicted molar refractivity (Wildman–Crippen MR) is 50.0 cm³/mol. The zero-order valence-electron chi connectivity index (χ0n) is 6.33. The number of benzene rings is 1. The molecule has 0 saturated carbocycles. The molecule has 1 amide bonds. The Morgan fingerprint density at radius 3 is 2.42 bits per heavy atom. The third-order valence-electron chi connectivity index (χ3n) is 2.00. The number of halogens is 1. The van der Waals surface area contributed by atoms with E-state index in [9.17, 15) is 4.79 Å². The number of rotatable bonds is 1. The molecule has 3 heteroatoms. The van der Waals surface area contributed by atoms with Crippen LogP contribution in [0, 0.1) is 0 Å². The molecule has 0 aliphatic carbocycles. The molecule has 2 rings (SSSR count). The lowest BCUT2D eigenvalue weighted by Crippen LogP contribution is -2.52. The topological polar surface area (TPSA) is 29.1 Å². The molecule has 1 saturated heterocycles. The summed E-state index contributed by atoms with van der Waals surface area (Å²) in [5, 5.41) is 2.82. The second-order valence-electron chi connectivity index (χ2n) is 2.80. The van der Waals surface area contributed by atoms with Gasteiger partial charge in [-0.15, -0.1) is 0 Å². The van der Waals surface area contributed by atoms with Gasteiger partial charge >= 0.3 is 0 Å². The number of carbonyl (C=O) groups is 1. The van der Waals surface area contributed by atoms with Crippen LogP contribution in [0.3, 0.4) is 0 Å². The zero-order valence-corrected chi connectivity index (χ0v) is 7.91. The van der Waals surface area contributed by atoms with Gasteiger partial charge in [0.1, 0.15) is 4.83 Å². The van der Waals surface area contributed by atoms with Gasteiger partial charge in [-0.2, -0.15) is 0 Å². The fourth-order valence-corrected chi connectivity index (χ4v) is 1.84. The number of nitrogens with one attached hydrogen (secondary N) is 1. The lowest BCUT2D eigenvalue weighted by Gasteiger charge is -2.33. The first-order valence-electron chi connectivity index (χ1n) is 3.78. The molecule has 2 nitrogen and oxygen atoms in total. The molecule has 1 N–H and O–H groups in total. The maximum Gasteiger partial charge on any atom is 0.236 e. The average molecular weight is 226 g/mol. The predicted octanol–water partition coefficient (Wildman–Crippen LogP) is 1.62. The van der Waals surface area contributed by atoms with Crippen LogP contribution < -0.4 is 5.32 Å². The van der Waals surface area contributed by atoms with Crippen LogP contribution in [0.5, 0.6) is 0 Å². The molecule has 12 heavy (non-hydrogen) atoms. The average Bonchev–Trinajstić information content (AvgIpc) is 2.15. The molecular formula is C9H8BrNO. The van der Waals surface area contributed by atoms with Crippen LogP contribution in [-0.2, 0) is 4.79 Å². The van der Waals surface area contributed by atoms with Crippen LogP contribution in [0.25, 0.3) is 0 Å². The van der Waals surface area contributed by atoms with Crippen molar-refractivity contribution in [3.63, 3.8) is 0 Å². The van der Waals surface area contributed by atoms with Crippen molar-refractivity contribution < 1.29 is 4.79 Å². The van der Waals surface area contributed by atoms with Gasteiger partial charge < -0.3 is 5.32 Å². The number of carbonyl (C=O) groups excluding carboxylic acids is 1. The summed E-state index contributed by atoms with van der Waals surface area (Å²) in [6, 6.07) is 10.1. The van der Waals surface area contributed by atoms with E-state index < -0.39 is 0 Å². The Labute approximate surface area is 79.1 Å².